The summed E-state index contributed by atoms with van der Waals surface area (Å²) in [6.07, 6.45) is 6.94. The lowest BCUT2D eigenvalue weighted by atomic mass is 10.1. The van der Waals surface area contributed by atoms with Crippen molar-refractivity contribution in [2.45, 2.75) is 33.1 Å². The van der Waals surface area contributed by atoms with Gasteiger partial charge < -0.3 is 5.11 Å². The van der Waals surface area contributed by atoms with Crippen molar-refractivity contribution in [3.63, 3.8) is 0 Å². The zero-order valence-corrected chi connectivity index (χ0v) is 9.12. The fraction of sp³-hybridized carbons (Fsp3) is 0.417. The predicted molar refractivity (Wildman–Crippen MR) is 61.3 cm³/mol. The van der Waals surface area contributed by atoms with Crippen LogP contribution in [-0.4, -0.2) is 11.1 Å². The zero-order valence-electron chi connectivity index (χ0n) is 9.12. The smallest absolute Gasteiger partial charge is 0.303 e. The summed E-state index contributed by atoms with van der Waals surface area (Å²) in [5.41, 5.74) is 0.905. The second-order valence-corrected chi connectivity index (χ2v) is 2.78. The lowest BCUT2D eigenvalue weighted by molar-refractivity contribution is -0.136. The van der Waals surface area contributed by atoms with Crippen molar-refractivity contribution in [3.8, 4) is 0 Å². The Balaban J connectivity index is 0. The summed E-state index contributed by atoms with van der Waals surface area (Å²) in [7, 11) is 0. The monoisotopic (exact) mass is 196 g/mol. The van der Waals surface area contributed by atoms with Crippen LogP contribution in [0.1, 0.15) is 33.1 Å². The van der Waals surface area contributed by atoms with Gasteiger partial charge in [0.2, 0.25) is 0 Å². The van der Waals surface area contributed by atoms with Crippen molar-refractivity contribution in [2.24, 2.45) is 0 Å². The minimum Gasteiger partial charge on any atom is -0.481 e. The van der Waals surface area contributed by atoms with Crippen molar-refractivity contribution in [1.29, 1.82) is 0 Å². The Labute approximate surface area is 86.6 Å². The molecule has 0 bridgehead atoms. The molecule has 0 aromatic heterocycles. The largest absolute Gasteiger partial charge is 0.481 e. The summed E-state index contributed by atoms with van der Waals surface area (Å²) in [4.78, 5) is 10.1. The van der Waals surface area contributed by atoms with Gasteiger partial charge >= 0.3 is 5.97 Å². The van der Waals surface area contributed by atoms with Crippen LogP contribution in [0, 0.1) is 0 Å². The molecular formula is C12H20O2. The van der Waals surface area contributed by atoms with Crippen molar-refractivity contribution in [3.05, 3.63) is 37.0 Å². The molecular weight excluding hydrogens is 176 g/mol. The number of carboxylic acids is 1. The first-order valence-corrected chi connectivity index (χ1v) is 4.78. The molecule has 0 aliphatic rings. The second kappa shape index (κ2) is 11.7. The standard InChI is InChI=1S/C9H12O2.C3H8/c1-3-5-8(4-2)6-7-9(10)11;1-3-2/h3-5H,1-2,6-7H2,(H,10,11);3H2,1-2H3/b8-5+;. The highest BCUT2D eigenvalue weighted by atomic mass is 16.4. The number of aliphatic carboxylic acids is 1. The Kier molecular flexibility index (Phi) is 12.7. The minimum absolute atomic E-state index is 0.145. The SMILES string of the molecule is C=C/C=C(\C=C)CCC(=O)O.CCC. The van der Waals surface area contributed by atoms with Crippen LogP contribution >= 0.6 is 0 Å². The fourth-order valence-electron chi connectivity index (χ4n) is 0.656. The normalized spacial score (nSPS) is 9.71. The summed E-state index contributed by atoms with van der Waals surface area (Å²) in [5, 5.41) is 8.34. The maximum absolute atomic E-state index is 10.1. The Bertz CT molecular complexity index is 202. The summed E-state index contributed by atoms with van der Waals surface area (Å²) in [5.74, 6) is -0.790. The first-order valence-electron chi connectivity index (χ1n) is 4.78. The Morgan fingerprint density at radius 1 is 1.29 bits per heavy atom. The lowest BCUT2D eigenvalue weighted by Crippen LogP contribution is -1.94. The van der Waals surface area contributed by atoms with Crippen LogP contribution in [0.2, 0.25) is 0 Å². The molecule has 0 atom stereocenters. The van der Waals surface area contributed by atoms with E-state index in [0.29, 0.717) is 6.42 Å². The van der Waals surface area contributed by atoms with Gasteiger partial charge in [-0.15, -0.1) is 0 Å². The average Bonchev–Trinajstić information content (AvgIpc) is 2.13. The molecule has 0 fully saturated rings. The second-order valence-electron chi connectivity index (χ2n) is 2.78. The van der Waals surface area contributed by atoms with Crippen molar-refractivity contribution < 1.29 is 9.90 Å². The van der Waals surface area contributed by atoms with Crippen molar-refractivity contribution in [1.82, 2.24) is 0 Å². The van der Waals surface area contributed by atoms with E-state index < -0.39 is 5.97 Å². The third-order valence-corrected chi connectivity index (χ3v) is 1.22. The highest BCUT2D eigenvalue weighted by Crippen LogP contribution is 2.05. The van der Waals surface area contributed by atoms with E-state index in [1.807, 2.05) is 0 Å². The van der Waals surface area contributed by atoms with E-state index in [2.05, 4.69) is 27.0 Å². The van der Waals surface area contributed by atoms with Gasteiger partial charge in [0.15, 0.2) is 0 Å². The third kappa shape index (κ3) is 13.3. The van der Waals surface area contributed by atoms with E-state index >= 15 is 0 Å². The fourth-order valence-corrected chi connectivity index (χ4v) is 0.656. The average molecular weight is 196 g/mol. The maximum atomic E-state index is 10.1. The molecule has 0 heterocycles. The highest BCUT2D eigenvalue weighted by molar-refractivity contribution is 5.67. The quantitative estimate of drug-likeness (QED) is 0.682. The summed E-state index contributed by atoms with van der Waals surface area (Å²) < 4.78 is 0. The van der Waals surface area contributed by atoms with Crippen LogP contribution in [0.15, 0.2) is 37.0 Å². The summed E-state index contributed by atoms with van der Waals surface area (Å²) in [6.45, 7) is 11.3. The van der Waals surface area contributed by atoms with E-state index in [1.54, 1.807) is 18.2 Å². The zero-order chi connectivity index (χ0) is 11.4. The molecule has 1 N–H and O–H groups in total. The summed E-state index contributed by atoms with van der Waals surface area (Å²) >= 11 is 0. The molecule has 80 valence electrons. The molecule has 0 unspecified atom stereocenters. The predicted octanol–water partition coefficient (Wildman–Crippen LogP) is 3.57. The molecule has 0 amide bonds. The number of carboxylic acid groups (broad SMARTS) is 1. The van der Waals surface area contributed by atoms with Crippen LogP contribution in [0.5, 0.6) is 0 Å². The molecule has 0 saturated heterocycles. The number of allylic oxidation sites excluding steroid dienone is 4. The molecule has 14 heavy (non-hydrogen) atoms. The van der Waals surface area contributed by atoms with Gasteiger partial charge in [-0.2, -0.15) is 0 Å². The molecule has 0 aliphatic carbocycles. The van der Waals surface area contributed by atoms with Crippen LogP contribution in [0.25, 0.3) is 0 Å². The first-order chi connectivity index (χ1) is 6.62. The van der Waals surface area contributed by atoms with Crippen LogP contribution in [-0.2, 0) is 4.79 Å². The van der Waals surface area contributed by atoms with Crippen molar-refractivity contribution >= 4 is 5.97 Å². The van der Waals surface area contributed by atoms with E-state index in [-0.39, 0.29) is 6.42 Å². The first kappa shape index (κ1) is 15.2. The number of hydrogen-bond donors (Lipinski definition) is 1. The molecule has 0 aromatic carbocycles. The van der Waals surface area contributed by atoms with Crippen LogP contribution in [0.3, 0.4) is 0 Å². The van der Waals surface area contributed by atoms with Gasteiger partial charge in [0.25, 0.3) is 0 Å². The van der Waals surface area contributed by atoms with Gasteiger partial charge in [-0.1, -0.05) is 51.7 Å². The van der Waals surface area contributed by atoms with Gasteiger partial charge in [-0.3, -0.25) is 4.79 Å². The number of carbonyl (C=O) groups is 1. The van der Waals surface area contributed by atoms with Gasteiger partial charge in [0, 0.05) is 6.42 Å². The molecule has 2 heteroatoms. The van der Waals surface area contributed by atoms with Crippen molar-refractivity contribution in [2.75, 3.05) is 0 Å². The van der Waals surface area contributed by atoms with E-state index in [1.165, 1.54) is 6.42 Å². The van der Waals surface area contributed by atoms with Crippen LogP contribution < -0.4 is 0 Å². The van der Waals surface area contributed by atoms with E-state index in [4.69, 9.17) is 5.11 Å². The number of hydrogen-bond acceptors (Lipinski definition) is 1. The Hall–Kier alpha value is -1.31. The van der Waals surface area contributed by atoms with E-state index in [9.17, 15) is 4.79 Å². The number of rotatable bonds is 5. The van der Waals surface area contributed by atoms with Gasteiger partial charge in [-0.25, -0.2) is 0 Å². The Morgan fingerprint density at radius 2 is 1.79 bits per heavy atom. The molecule has 0 radical (unpaired) electrons. The molecule has 0 rings (SSSR count). The van der Waals surface area contributed by atoms with Gasteiger partial charge in [0.1, 0.15) is 0 Å². The molecule has 2 nitrogen and oxygen atoms in total. The minimum atomic E-state index is -0.790. The molecule has 0 spiro atoms. The summed E-state index contributed by atoms with van der Waals surface area (Å²) in [6, 6.07) is 0. The highest BCUT2D eigenvalue weighted by Gasteiger charge is 1.97. The Morgan fingerprint density at radius 3 is 2.07 bits per heavy atom. The molecule has 0 saturated carbocycles. The van der Waals surface area contributed by atoms with E-state index in [0.717, 1.165) is 5.57 Å². The molecule has 0 aliphatic heterocycles. The lowest BCUT2D eigenvalue weighted by Gasteiger charge is -1.95. The third-order valence-electron chi connectivity index (χ3n) is 1.22. The topological polar surface area (TPSA) is 37.3 Å². The van der Waals surface area contributed by atoms with Gasteiger partial charge in [-0.05, 0) is 12.0 Å². The molecule has 0 aromatic rings. The van der Waals surface area contributed by atoms with Gasteiger partial charge in [0.05, 0.1) is 0 Å². The maximum Gasteiger partial charge on any atom is 0.303 e. The van der Waals surface area contributed by atoms with Crippen LogP contribution in [0.4, 0.5) is 0 Å².